The molecule has 1 saturated carbocycles. The molecule has 3 rings (SSSR count). The number of rotatable bonds is 7. The molecule has 6 heteroatoms. The van der Waals surface area contributed by atoms with Crippen LogP contribution >= 0.6 is 0 Å². The van der Waals surface area contributed by atoms with Crippen molar-refractivity contribution in [2.75, 3.05) is 11.9 Å². The number of anilines is 1. The van der Waals surface area contributed by atoms with E-state index in [-0.39, 0.29) is 36.4 Å². The molecule has 1 fully saturated rings. The zero-order chi connectivity index (χ0) is 22.2. The Morgan fingerprint density at radius 3 is 2.42 bits per heavy atom. The Morgan fingerprint density at radius 2 is 1.65 bits per heavy atom. The lowest BCUT2D eigenvalue weighted by Gasteiger charge is -2.34. The second-order valence-corrected chi connectivity index (χ2v) is 8.27. The van der Waals surface area contributed by atoms with Crippen molar-refractivity contribution in [3.63, 3.8) is 0 Å². The third kappa shape index (κ3) is 6.41. The Bertz CT molecular complexity index is 913. The van der Waals surface area contributed by atoms with Crippen molar-refractivity contribution >= 4 is 23.5 Å². The zero-order valence-electron chi connectivity index (χ0n) is 18.1. The van der Waals surface area contributed by atoms with Crippen LogP contribution in [0.25, 0.3) is 0 Å². The number of para-hydroxylation sites is 1. The zero-order valence-corrected chi connectivity index (χ0v) is 18.1. The van der Waals surface area contributed by atoms with Gasteiger partial charge in [-0.3, -0.25) is 9.59 Å². The fourth-order valence-corrected chi connectivity index (χ4v) is 3.99. The van der Waals surface area contributed by atoms with Crippen molar-refractivity contribution in [2.45, 2.75) is 45.6 Å². The third-order valence-electron chi connectivity index (χ3n) is 6.02. The van der Waals surface area contributed by atoms with E-state index in [2.05, 4.69) is 24.5 Å². The molecule has 6 nitrogen and oxygen atoms in total. The Labute approximate surface area is 183 Å². The average molecular weight is 423 g/mol. The largest absolute Gasteiger partial charge is 0.452 e. The summed E-state index contributed by atoms with van der Waals surface area (Å²) in [6.07, 6.45) is 3.41. The van der Waals surface area contributed by atoms with Crippen LogP contribution in [0, 0.1) is 11.8 Å². The molecule has 0 unspecified atom stereocenters. The lowest BCUT2D eigenvalue weighted by Crippen LogP contribution is -2.45. The maximum Gasteiger partial charge on any atom is 0.340 e. The molecule has 2 amide bonds. The molecule has 2 aromatic carbocycles. The second kappa shape index (κ2) is 10.8. The van der Waals surface area contributed by atoms with E-state index in [0.29, 0.717) is 17.5 Å². The van der Waals surface area contributed by atoms with Crippen molar-refractivity contribution in [1.29, 1.82) is 0 Å². The Morgan fingerprint density at radius 1 is 0.935 bits per heavy atom. The first-order valence-electron chi connectivity index (χ1n) is 10.8. The average Bonchev–Trinajstić information content (AvgIpc) is 2.76. The molecule has 2 aromatic rings. The van der Waals surface area contributed by atoms with Gasteiger partial charge in [-0.25, -0.2) is 4.79 Å². The molecule has 0 spiro atoms. The number of amides is 2. The Hall–Kier alpha value is -3.15. The number of esters is 1. The van der Waals surface area contributed by atoms with E-state index < -0.39 is 5.97 Å². The molecule has 0 saturated heterocycles. The van der Waals surface area contributed by atoms with Crippen LogP contribution in [0.15, 0.2) is 54.6 Å². The van der Waals surface area contributed by atoms with Crippen molar-refractivity contribution < 1.29 is 19.1 Å². The van der Waals surface area contributed by atoms with E-state index in [1.165, 1.54) is 6.42 Å². The van der Waals surface area contributed by atoms with Crippen molar-refractivity contribution in [2.24, 2.45) is 11.8 Å². The maximum absolute atomic E-state index is 12.6. The highest BCUT2D eigenvalue weighted by Gasteiger charge is 2.28. The minimum atomic E-state index is -0.643. The molecule has 0 aliphatic heterocycles. The van der Waals surface area contributed by atoms with Gasteiger partial charge in [0.15, 0.2) is 6.61 Å². The number of carbonyl (C=O) groups excluding carboxylic acids is 3. The van der Waals surface area contributed by atoms with Crippen LogP contribution in [-0.2, 0) is 20.7 Å². The molecule has 3 atom stereocenters. The van der Waals surface area contributed by atoms with Gasteiger partial charge in [0, 0.05) is 6.04 Å². The number of nitrogens with one attached hydrogen (secondary N) is 2. The lowest BCUT2D eigenvalue weighted by molar-refractivity contribution is -0.125. The van der Waals surface area contributed by atoms with E-state index >= 15 is 0 Å². The molecule has 1 aliphatic rings. The van der Waals surface area contributed by atoms with Gasteiger partial charge in [-0.2, -0.15) is 0 Å². The van der Waals surface area contributed by atoms with E-state index in [9.17, 15) is 14.4 Å². The fourth-order valence-electron chi connectivity index (χ4n) is 3.99. The first-order valence-corrected chi connectivity index (χ1v) is 10.8. The number of carbonyl (C=O) groups is 3. The smallest absolute Gasteiger partial charge is 0.340 e. The standard InChI is InChI=1S/C25H30N2O4/c1-17-9-8-14-21(18(17)2)26-24(29)16-31-25(30)20-12-6-7-13-22(20)27-23(28)15-19-10-4-3-5-11-19/h3-7,10-13,17-18,21H,8-9,14-16H2,1-2H3,(H,26,29)(H,27,28)/t17-,18+,21+/m0/s1. The molecule has 0 aromatic heterocycles. The molecule has 0 radical (unpaired) electrons. The van der Waals surface area contributed by atoms with Crippen LogP contribution in [0.5, 0.6) is 0 Å². The van der Waals surface area contributed by atoms with Crippen molar-refractivity contribution in [3.8, 4) is 0 Å². The van der Waals surface area contributed by atoms with Gasteiger partial charge < -0.3 is 15.4 Å². The quantitative estimate of drug-likeness (QED) is 0.662. The summed E-state index contributed by atoms with van der Waals surface area (Å²) in [4.78, 5) is 37.2. The summed E-state index contributed by atoms with van der Waals surface area (Å²) in [7, 11) is 0. The first kappa shape index (κ1) is 22.5. The van der Waals surface area contributed by atoms with Crippen LogP contribution in [-0.4, -0.2) is 30.4 Å². The highest BCUT2D eigenvalue weighted by molar-refractivity contribution is 6.02. The maximum atomic E-state index is 12.6. The van der Waals surface area contributed by atoms with Gasteiger partial charge in [0.1, 0.15) is 0 Å². The number of ether oxygens (including phenoxy) is 1. The molecule has 2 N–H and O–H groups in total. The molecule has 164 valence electrons. The highest BCUT2D eigenvalue weighted by atomic mass is 16.5. The van der Waals surface area contributed by atoms with Gasteiger partial charge >= 0.3 is 5.97 Å². The molecule has 0 bridgehead atoms. The van der Waals surface area contributed by atoms with Crippen LogP contribution in [0.1, 0.15) is 49.0 Å². The van der Waals surface area contributed by atoms with Crippen LogP contribution in [0.2, 0.25) is 0 Å². The summed E-state index contributed by atoms with van der Waals surface area (Å²) in [6.45, 7) is 4.00. The summed E-state index contributed by atoms with van der Waals surface area (Å²) < 4.78 is 5.23. The van der Waals surface area contributed by atoms with Crippen molar-refractivity contribution in [1.82, 2.24) is 5.32 Å². The number of hydrogen-bond acceptors (Lipinski definition) is 4. The normalized spacial score (nSPS) is 20.5. The first-order chi connectivity index (χ1) is 14.9. The van der Waals surface area contributed by atoms with Gasteiger partial charge in [0.05, 0.1) is 17.7 Å². The van der Waals surface area contributed by atoms with Gasteiger partial charge in [-0.15, -0.1) is 0 Å². The van der Waals surface area contributed by atoms with E-state index in [0.717, 1.165) is 18.4 Å². The van der Waals surface area contributed by atoms with Crippen LogP contribution in [0.3, 0.4) is 0 Å². The third-order valence-corrected chi connectivity index (χ3v) is 6.02. The fraction of sp³-hybridized carbons (Fsp3) is 0.400. The summed E-state index contributed by atoms with van der Waals surface area (Å²) in [5, 5.41) is 5.76. The Kier molecular flexibility index (Phi) is 7.82. The van der Waals surface area contributed by atoms with E-state index in [1.54, 1.807) is 24.3 Å². The minimum Gasteiger partial charge on any atom is -0.452 e. The van der Waals surface area contributed by atoms with Gasteiger partial charge in [-0.1, -0.05) is 69.2 Å². The molecule has 1 aliphatic carbocycles. The van der Waals surface area contributed by atoms with Gasteiger partial charge in [-0.05, 0) is 36.0 Å². The topological polar surface area (TPSA) is 84.5 Å². The summed E-state index contributed by atoms with van der Waals surface area (Å²) >= 11 is 0. The second-order valence-electron chi connectivity index (χ2n) is 8.27. The number of benzene rings is 2. The highest BCUT2D eigenvalue weighted by Crippen LogP contribution is 2.29. The monoisotopic (exact) mass is 422 g/mol. The molecule has 0 heterocycles. The summed E-state index contributed by atoms with van der Waals surface area (Å²) in [5.74, 6) is -0.216. The summed E-state index contributed by atoms with van der Waals surface area (Å²) in [6, 6.07) is 16.1. The summed E-state index contributed by atoms with van der Waals surface area (Å²) in [5.41, 5.74) is 1.46. The van der Waals surface area contributed by atoms with Gasteiger partial charge in [0.2, 0.25) is 5.91 Å². The predicted octanol–water partition coefficient (Wildman–Crippen LogP) is 3.97. The van der Waals surface area contributed by atoms with E-state index in [4.69, 9.17) is 4.74 Å². The SMILES string of the molecule is C[C@@H]1[C@@H](C)CCC[C@H]1NC(=O)COC(=O)c1ccccc1NC(=O)Cc1ccccc1. The lowest BCUT2D eigenvalue weighted by atomic mass is 9.78. The number of hydrogen-bond donors (Lipinski definition) is 2. The van der Waals surface area contributed by atoms with Crippen LogP contribution in [0.4, 0.5) is 5.69 Å². The minimum absolute atomic E-state index is 0.111. The Balaban J connectivity index is 1.54. The molecular formula is C25H30N2O4. The molecule has 31 heavy (non-hydrogen) atoms. The van der Waals surface area contributed by atoms with E-state index in [1.807, 2.05) is 30.3 Å². The predicted molar refractivity (Wildman–Crippen MR) is 120 cm³/mol. The van der Waals surface area contributed by atoms with Gasteiger partial charge in [0.25, 0.3) is 5.91 Å². The van der Waals surface area contributed by atoms with Crippen LogP contribution < -0.4 is 10.6 Å². The molecular weight excluding hydrogens is 392 g/mol. The van der Waals surface area contributed by atoms with Crippen molar-refractivity contribution in [3.05, 3.63) is 65.7 Å².